The van der Waals surface area contributed by atoms with Crippen molar-refractivity contribution < 1.29 is 13.2 Å². The first-order valence-corrected chi connectivity index (χ1v) is 10.3. The van der Waals surface area contributed by atoms with Crippen LogP contribution in [0.4, 0.5) is 10.5 Å². The van der Waals surface area contributed by atoms with Gasteiger partial charge >= 0.3 is 6.03 Å². The summed E-state index contributed by atoms with van der Waals surface area (Å²) in [5.41, 5.74) is 1.19. The van der Waals surface area contributed by atoms with Crippen LogP contribution in [0.5, 0.6) is 0 Å². The maximum Gasteiger partial charge on any atom is 0.322 e. The molecule has 3 heterocycles. The third-order valence-electron chi connectivity index (χ3n) is 4.33. The molecule has 2 amide bonds. The highest BCUT2D eigenvalue weighted by Crippen LogP contribution is 2.27. The van der Waals surface area contributed by atoms with Gasteiger partial charge in [0.15, 0.2) is 9.84 Å². The SMILES string of the molecule is CCc1ncc(NC(=O)N2CCS(=O)(=O)C[C@@H]2c2cnn(CC)c2)cn1. The van der Waals surface area contributed by atoms with Crippen molar-refractivity contribution in [2.75, 3.05) is 23.4 Å². The van der Waals surface area contributed by atoms with Crippen LogP contribution in [0.25, 0.3) is 0 Å². The van der Waals surface area contributed by atoms with E-state index in [2.05, 4.69) is 20.4 Å². The molecule has 1 N–H and O–H groups in total. The van der Waals surface area contributed by atoms with Crippen LogP contribution in [0.1, 0.15) is 31.3 Å². The summed E-state index contributed by atoms with van der Waals surface area (Å²) >= 11 is 0. The van der Waals surface area contributed by atoms with Gasteiger partial charge in [-0.15, -0.1) is 0 Å². The zero-order chi connectivity index (χ0) is 18.7. The quantitative estimate of drug-likeness (QED) is 0.858. The van der Waals surface area contributed by atoms with Crippen LogP contribution in [0.3, 0.4) is 0 Å². The normalized spacial score (nSPS) is 19.3. The third kappa shape index (κ3) is 4.01. The summed E-state index contributed by atoms with van der Waals surface area (Å²) in [5.74, 6) is 0.530. The summed E-state index contributed by atoms with van der Waals surface area (Å²) in [7, 11) is -3.21. The van der Waals surface area contributed by atoms with E-state index < -0.39 is 15.9 Å². The summed E-state index contributed by atoms with van der Waals surface area (Å²) in [5, 5.41) is 6.95. The van der Waals surface area contributed by atoms with Crippen LogP contribution in [0, 0.1) is 0 Å². The lowest BCUT2D eigenvalue weighted by molar-refractivity contribution is 0.195. The van der Waals surface area contributed by atoms with Crippen LogP contribution in [0.15, 0.2) is 24.8 Å². The molecule has 9 nitrogen and oxygen atoms in total. The Morgan fingerprint density at radius 1 is 1.27 bits per heavy atom. The highest BCUT2D eigenvalue weighted by Gasteiger charge is 2.36. The van der Waals surface area contributed by atoms with E-state index in [1.165, 1.54) is 4.90 Å². The van der Waals surface area contributed by atoms with Gasteiger partial charge in [0.1, 0.15) is 5.82 Å². The number of hydrogen-bond donors (Lipinski definition) is 1. The number of anilines is 1. The number of nitrogens with zero attached hydrogens (tertiary/aromatic N) is 5. The summed E-state index contributed by atoms with van der Waals surface area (Å²) in [6.45, 7) is 4.69. The Balaban J connectivity index is 1.81. The number of urea groups is 1. The second-order valence-corrected chi connectivity index (χ2v) is 8.35. The summed E-state index contributed by atoms with van der Waals surface area (Å²) < 4.78 is 25.9. The lowest BCUT2D eigenvalue weighted by Gasteiger charge is -2.34. The van der Waals surface area contributed by atoms with Crippen molar-refractivity contribution in [1.82, 2.24) is 24.6 Å². The molecule has 1 atom stereocenters. The summed E-state index contributed by atoms with van der Waals surface area (Å²) in [6, 6.07) is -0.938. The molecule has 1 fully saturated rings. The average Bonchev–Trinajstić information content (AvgIpc) is 3.10. The minimum Gasteiger partial charge on any atom is -0.315 e. The molecule has 2 aromatic heterocycles. The minimum atomic E-state index is -3.21. The topological polar surface area (TPSA) is 110 Å². The first kappa shape index (κ1) is 18.3. The van der Waals surface area contributed by atoms with E-state index in [0.29, 0.717) is 30.0 Å². The van der Waals surface area contributed by atoms with Gasteiger partial charge < -0.3 is 10.2 Å². The zero-order valence-corrected chi connectivity index (χ0v) is 15.6. The number of rotatable bonds is 4. The van der Waals surface area contributed by atoms with Gasteiger partial charge in [0.2, 0.25) is 0 Å². The van der Waals surface area contributed by atoms with Crippen molar-refractivity contribution in [3.63, 3.8) is 0 Å². The van der Waals surface area contributed by atoms with Gasteiger partial charge in [0.05, 0.1) is 41.8 Å². The van der Waals surface area contributed by atoms with Crippen molar-refractivity contribution in [2.24, 2.45) is 0 Å². The monoisotopic (exact) mass is 378 g/mol. The van der Waals surface area contributed by atoms with Gasteiger partial charge in [-0.25, -0.2) is 23.2 Å². The average molecular weight is 378 g/mol. The molecule has 0 unspecified atom stereocenters. The molecular formula is C16H22N6O3S. The predicted octanol–water partition coefficient (Wildman–Crippen LogP) is 1.26. The first-order valence-electron chi connectivity index (χ1n) is 8.53. The lowest BCUT2D eigenvalue weighted by Crippen LogP contribution is -2.47. The van der Waals surface area contributed by atoms with Crippen LogP contribution in [-0.2, 0) is 22.8 Å². The maximum atomic E-state index is 12.7. The van der Waals surface area contributed by atoms with Gasteiger partial charge in [-0.3, -0.25) is 4.68 Å². The molecule has 140 valence electrons. The molecule has 3 rings (SSSR count). The molecule has 0 bridgehead atoms. The largest absolute Gasteiger partial charge is 0.322 e. The molecule has 1 aliphatic heterocycles. The van der Waals surface area contributed by atoms with Crippen molar-refractivity contribution in [2.45, 2.75) is 32.9 Å². The molecule has 0 aliphatic carbocycles. The summed E-state index contributed by atoms with van der Waals surface area (Å²) in [4.78, 5) is 22.6. The Morgan fingerprint density at radius 3 is 2.62 bits per heavy atom. The molecule has 26 heavy (non-hydrogen) atoms. The second-order valence-electron chi connectivity index (χ2n) is 6.12. The van der Waals surface area contributed by atoms with E-state index in [1.807, 2.05) is 13.8 Å². The number of aryl methyl sites for hydroxylation is 2. The maximum absolute atomic E-state index is 12.7. The van der Waals surface area contributed by atoms with E-state index in [9.17, 15) is 13.2 Å². The van der Waals surface area contributed by atoms with E-state index in [0.717, 1.165) is 0 Å². The highest BCUT2D eigenvalue weighted by atomic mass is 32.2. The Bertz CT molecular complexity index is 878. The smallest absolute Gasteiger partial charge is 0.315 e. The van der Waals surface area contributed by atoms with Crippen molar-refractivity contribution >= 4 is 21.6 Å². The molecule has 10 heteroatoms. The first-order chi connectivity index (χ1) is 12.4. The van der Waals surface area contributed by atoms with Crippen LogP contribution < -0.4 is 5.32 Å². The Hall–Kier alpha value is -2.49. The minimum absolute atomic E-state index is 0.0515. The van der Waals surface area contributed by atoms with Gasteiger partial charge in [0.25, 0.3) is 0 Å². The third-order valence-corrected chi connectivity index (χ3v) is 5.96. The number of amides is 2. The number of aromatic nitrogens is 4. The van der Waals surface area contributed by atoms with Crippen molar-refractivity contribution in [1.29, 1.82) is 0 Å². The standard InChI is InChI=1S/C16H22N6O3S/c1-3-15-17-8-13(9-18-15)20-16(23)22-5-6-26(24,25)11-14(22)12-7-19-21(4-2)10-12/h7-10,14H,3-6,11H2,1-2H3,(H,20,23)/t14-/m1/s1. The molecular weight excluding hydrogens is 356 g/mol. The molecule has 2 aromatic rings. The number of hydrogen-bond acceptors (Lipinski definition) is 6. The fourth-order valence-electron chi connectivity index (χ4n) is 2.85. The molecule has 0 aromatic carbocycles. The lowest BCUT2D eigenvalue weighted by atomic mass is 10.1. The highest BCUT2D eigenvalue weighted by molar-refractivity contribution is 7.91. The molecule has 0 radical (unpaired) electrons. The fraction of sp³-hybridized carbons (Fsp3) is 0.500. The summed E-state index contributed by atoms with van der Waals surface area (Å²) in [6.07, 6.45) is 7.21. The Kier molecular flexibility index (Phi) is 5.21. The van der Waals surface area contributed by atoms with E-state index in [4.69, 9.17) is 0 Å². The fourth-order valence-corrected chi connectivity index (χ4v) is 4.34. The van der Waals surface area contributed by atoms with Gasteiger partial charge in [-0.05, 0) is 6.92 Å². The van der Waals surface area contributed by atoms with E-state index >= 15 is 0 Å². The molecule has 0 saturated carbocycles. The van der Waals surface area contributed by atoms with Crippen LogP contribution >= 0.6 is 0 Å². The predicted molar refractivity (Wildman–Crippen MR) is 96.4 cm³/mol. The van der Waals surface area contributed by atoms with Crippen molar-refractivity contribution in [3.8, 4) is 0 Å². The Labute approximate surface area is 152 Å². The molecule has 1 aliphatic rings. The molecule has 1 saturated heterocycles. The number of sulfone groups is 1. The molecule has 0 spiro atoms. The van der Waals surface area contributed by atoms with Crippen LogP contribution in [-0.4, -0.2) is 57.1 Å². The number of carbonyl (C=O) groups excluding carboxylic acids is 1. The van der Waals surface area contributed by atoms with Gasteiger partial charge in [0, 0.05) is 31.3 Å². The number of carbonyl (C=O) groups is 1. The van der Waals surface area contributed by atoms with Gasteiger partial charge in [-0.1, -0.05) is 6.92 Å². The van der Waals surface area contributed by atoms with Gasteiger partial charge in [-0.2, -0.15) is 5.10 Å². The number of nitrogens with one attached hydrogen (secondary N) is 1. The zero-order valence-electron chi connectivity index (χ0n) is 14.8. The van der Waals surface area contributed by atoms with E-state index in [1.54, 1.807) is 29.5 Å². The van der Waals surface area contributed by atoms with Crippen molar-refractivity contribution in [3.05, 3.63) is 36.2 Å². The van der Waals surface area contributed by atoms with E-state index in [-0.39, 0.29) is 24.1 Å². The second kappa shape index (κ2) is 7.40. The Morgan fingerprint density at radius 2 is 2.00 bits per heavy atom. The van der Waals surface area contributed by atoms with Crippen LogP contribution in [0.2, 0.25) is 0 Å².